The van der Waals surface area contributed by atoms with Crippen LogP contribution in [0.5, 0.6) is 5.75 Å². The van der Waals surface area contributed by atoms with Gasteiger partial charge >= 0.3 is 0 Å². The summed E-state index contributed by atoms with van der Waals surface area (Å²) in [5.74, 6) is -0.106. The van der Waals surface area contributed by atoms with E-state index in [1.165, 1.54) is 31.5 Å². The molecule has 1 heterocycles. The van der Waals surface area contributed by atoms with E-state index in [1.807, 2.05) is 25.1 Å². The molecular weight excluding hydrogens is 411 g/mol. The normalized spacial score (nSPS) is 10.5. The standard InChI is InChI=1S/C23H23FN6O2/c1-30(2)11-10-26-22(31)15-4-7-18(8-5-15)28-23-27-14-16(13-25)21(29-23)19-9-6-17(24)12-20(19)32-3/h4-9,12,14H,10-11H2,1-3H3,(H,26,31)(H,27,28,29). The number of hydrogen-bond acceptors (Lipinski definition) is 7. The molecule has 0 fully saturated rings. The minimum absolute atomic E-state index is 0.154. The van der Waals surface area contributed by atoms with Gasteiger partial charge in [0.25, 0.3) is 5.91 Å². The number of likely N-dealkylation sites (N-methyl/N-ethyl adjacent to an activating group) is 1. The summed E-state index contributed by atoms with van der Waals surface area (Å²) in [7, 11) is 5.30. The maximum absolute atomic E-state index is 13.6. The van der Waals surface area contributed by atoms with Crippen LogP contribution >= 0.6 is 0 Å². The van der Waals surface area contributed by atoms with Crippen molar-refractivity contribution in [1.82, 2.24) is 20.2 Å². The molecule has 0 aliphatic heterocycles. The van der Waals surface area contributed by atoms with E-state index in [-0.39, 0.29) is 23.2 Å². The molecule has 32 heavy (non-hydrogen) atoms. The molecular formula is C23H23FN6O2. The van der Waals surface area contributed by atoms with Gasteiger partial charge in [-0.25, -0.2) is 14.4 Å². The molecule has 9 heteroatoms. The lowest BCUT2D eigenvalue weighted by Crippen LogP contribution is -2.31. The Bertz CT molecular complexity index is 1140. The number of nitriles is 1. The first kappa shape index (κ1) is 22.7. The van der Waals surface area contributed by atoms with Crippen molar-refractivity contribution in [3.63, 3.8) is 0 Å². The second-order valence-electron chi connectivity index (χ2n) is 7.17. The van der Waals surface area contributed by atoms with Crippen molar-refractivity contribution >= 4 is 17.5 Å². The summed E-state index contributed by atoms with van der Waals surface area (Å²) in [6, 6.07) is 12.9. The van der Waals surface area contributed by atoms with E-state index < -0.39 is 5.82 Å². The molecule has 3 aromatic rings. The SMILES string of the molecule is COc1cc(F)ccc1-c1nc(Nc2ccc(C(=O)NCCN(C)C)cc2)ncc1C#N. The summed E-state index contributed by atoms with van der Waals surface area (Å²) in [6.07, 6.45) is 1.39. The van der Waals surface area contributed by atoms with Crippen LogP contribution in [0.25, 0.3) is 11.3 Å². The number of ether oxygens (including phenoxy) is 1. The smallest absolute Gasteiger partial charge is 0.251 e. The molecule has 8 nitrogen and oxygen atoms in total. The monoisotopic (exact) mass is 434 g/mol. The van der Waals surface area contributed by atoms with Gasteiger partial charge in [-0.1, -0.05) is 0 Å². The topological polar surface area (TPSA) is 103 Å². The van der Waals surface area contributed by atoms with Gasteiger partial charge in [-0.3, -0.25) is 4.79 Å². The van der Waals surface area contributed by atoms with Crippen LogP contribution < -0.4 is 15.4 Å². The lowest BCUT2D eigenvalue weighted by atomic mass is 10.1. The van der Waals surface area contributed by atoms with E-state index in [0.717, 1.165) is 6.54 Å². The van der Waals surface area contributed by atoms with Crippen LogP contribution in [0.2, 0.25) is 0 Å². The molecule has 0 saturated heterocycles. The van der Waals surface area contributed by atoms with E-state index in [4.69, 9.17) is 4.74 Å². The zero-order chi connectivity index (χ0) is 23.1. The van der Waals surface area contributed by atoms with Gasteiger partial charge in [0.15, 0.2) is 0 Å². The highest BCUT2D eigenvalue weighted by atomic mass is 19.1. The van der Waals surface area contributed by atoms with E-state index in [9.17, 15) is 14.4 Å². The number of carbonyl (C=O) groups is 1. The van der Waals surface area contributed by atoms with Crippen LogP contribution in [0, 0.1) is 17.1 Å². The van der Waals surface area contributed by atoms with Crippen molar-refractivity contribution in [3.8, 4) is 23.1 Å². The Morgan fingerprint density at radius 2 is 1.97 bits per heavy atom. The maximum atomic E-state index is 13.6. The molecule has 2 N–H and O–H groups in total. The third kappa shape index (κ3) is 5.56. The van der Waals surface area contributed by atoms with E-state index in [1.54, 1.807) is 24.3 Å². The number of rotatable bonds is 8. The number of nitrogens with zero attached hydrogens (tertiary/aromatic N) is 4. The molecule has 1 aromatic heterocycles. The third-order valence-electron chi connectivity index (χ3n) is 4.58. The van der Waals surface area contributed by atoms with Gasteiger partial charge in [-0.2, -0.15) is 5.26 Å². The highest BCUT2D eigenvalue weighted by Crippen LogP contribution is 2.32. The summed E-state index contributed by atoms with van der Waals surface area (Å²) in [5, 5.41) is 15.4. The summed E-state index contributed by atoms with van der Waals surface area (Å²) in [5.41, 5.74) is 2.22. The molecule has 0 saturated carbocycles. The summed E-state index contributed by atoms with van der Waals surface area (Å²) in [4.78, 5) is 22.8. The van der Waals surface area contributed by atoms with E-state index in [2.05, 4.69) is 20.6 Å². The number of anilines is 2. The van der Waals surface area contributed by atoms with Crippen LogP contribution in [-0.4, -0.2) is 55.1 Å². The van der Waals surface area contributed by atoms with Crippen molar-refractivity contribution < 1.29 is 13.9 Å². The van der Waals surface area contributed by atoms with Gasteiger partial charge in [-0.15, -0.1) is 0 Å². The van der Waals surface area contributed by atoms with Crippen LogP contribution in [0.4, 0.5) is 16.0 Å². The summed E-state index contributed by atoms with van der Waals surface area (Å²) >= 11 is 0. The first-order valence-corrected chi connectivity index (χ1v) is 9.82. The van der Waals surface area contributed by atoms with Crippen LogP contribution in [-0.2, 0) is 0 Å². The lowest BCUT2D eigenvalue weighted by Gasteiger charge is -2.12. The molecule has 2 aromatic carbocycles. The van der Waals surface area contributed by atoms with Gasteiger partial charge in [0.1, 0.15) is 17.6 Å². The average Bonchev–Trinajstić information content (AvgIpc) is 2.79. The van der Waals surface area contributed by atoms with Gasteiger partial charge in [-0.05, 0) is 50.5 Å². The number of halogens is 1. The van der Waals surface area contributed by atoms with Crippen LogP contribution in [0.1, 0.15) is 15.9 Å². The lowest BCUT2D eigenvalue weighted by molar-refractivity contribution is 0.0951. The summed E-state index contributed by atoms with van der Waals surface area (Å²) in [6.45, 7) is 1.31. The number of methoxy groups -OCH3 is 1. The molecule has 0 bridgehead atoms. The first-order chi connectivity index (χ1) is 15.4. The number of amides is 1. The number of benzene rings is 2. The minimum Gasteiger partial charge on any atom is -0.496 e. The Balaban J connectivity index is 1.79. The zero-order valence-electron chi connectivity index (χ0n) is 18.0. The fourth-order valence-corrected chi connectivity index (χ4v) is 2.92. The summed E-state index contributed by atoms with van der Waals surface area (Å²) < 4.78 is 18.8. The minimum atomic E-state index is -0.456. The fraction of sp³-hybridized carbons (Fsp3) is 0.217. The Morgan fingerprint density at radius 3 is 2.62 bits per heavy atom. The quantitative estimate of drug-likeness (QED) is 0.561. The largest absolute Gasteiger partial charge is 0.496 e. The maximum Gasteiger partial charge on any atom is 0.251 e. The van der Waals surface area contributed by atoms with Crippen molar-refractivity contribution in [3.05, 3.63) is 65.6 Å². The fourth-order valence-electron chi connectivity index (χ4n) is 2.92. The molecule has 0 spiro atoms. The van der Waals surface area contributed by atoms with Crippen molar-refractivity contribution in [2.45, 2.75) is 0 Å². The second-order valence-corrected chi connectivity index (χ2v) is 7.17. The predicted molar refractivity (Wildman–Crippen MR) is 119 cm³/mol. The Labute approximate surface area is 185 Å². The Kier molecular flexibility index (Phi) is 7.31. The molecule has 3 rings (SSSR count). The zero-order valence-corrected chi connectivity index (χ0v) is 18.0. The van der Waals surface area contributed by atoms with Gasteiger partial charge < -0.3 is 20.3 Å². The molecule has 0 radical (unpaired) electrons. The molecule has 0 aliphatic carbocycles. The predicted octanol–water partition coefficient (Wildman–Crippen LogP) is 3.20. The molecule has 1 amide bonds. The van der Waals surface area contributed by atoms with Crippen molar-refractivity contribution in [1.29, 1.82) is 5.26 Å². The second kappa shape index (κ2) is 10.3. The third-order valence-corrected chi connectivity index (χ3v) is 4.58. The number of carbonyl (C=O) groups excluding carboxylic acids is 1. The van der Waals surface area contributed by atoms with Gasteiger partial charge in [0, 0.05) is 36.0 Å². The van der Waals surface area contributed by atoms with E-state index >= 15 is 0 Å². The molecule has 0 aliphatic rings. The van der Waals surface area contributed by atoms with E-state index in [0.29, 0.717) is 29.1 Å². The van der Waals surface area contributed by atoms with Crippen molar-refractivity contribution in [2.24, 2.45) is 0 Å². The van der Waals surface area contributed by atoms with Gasteiger partial charge in [0.2, 0.25) is 5.95 Å². The molecule has 0 unspecified atom stereocenters. The first-order valence-electron chi connectivity index (χ1n) is 9.82. The number of hydrogen-bond donors (Lipinski definition) is 2. The molecule has 0 atom stereocenters. The van der Waals surface area contributed by atoms with Gasteiger partial charge in [0.05, 0.1) is 24.6 Å². The molecule has 164 valence electrons. The van der Waals surface area contributed by atoms with Crippen LogP contribution in [0.3, 0.4) is 0 Å². The highest BCUT2D eigenvalue weighted by molar-refractivity contribution is 5.94. The average molecular weight is 434 g/mol. The Hall–Kier alpha value is -4.03. The van der Waals surface area contributed by atoms with Crippen LogP contribution in [0.15, 0.2) is 48.7 Å². The highest BCUT2D eigenvalue weighted by Gasteiger charge is 2.15. The number of aromatic nitrogens is 2. The Morgan fingerprint density at radius 1 is 1.22 bits per heavy atom. The van der Waals surface area contributed by atoms with Crippen molar-refractivity contribution in [2.75, 3.05) is 39.6 Å². The number of nitrogens with one attached hydrogen (secondary N) is 2.